The molecular weight excluding hydrogens is 314 g/mol. The number of ketones is 1. The third kappa shape index (κ3) is 3.67. The molecule has 0 aromatic carbocycles. The summed E-state index contributed by atoms with van der Waals surface area (Å²) in [6.07, 6.45) is 0.274. The second-order valence-electron chi connectivity index (χ2n) is 6.95. The molecule has 0 spiro atoms. The fourth-order valence-electron chi connectivity index (χ4n) is 2.87. The normalized spacial score (nSPS) is 19.7. The van der Waals surface area contributed by atoms with Crippen LogP contribution in [0.5, 0.6) is 0 Å². The summed E-state index contributed by atoms with van der Waals surface area (Å²) >= 11 is 1.67. The van der Waals surface area contributed by atoms with E-state index in [1.807, 2.05) is 32.2 Å². The lowest BCUT2D eigenvalue weighted by Crippen LogP contribution is -2.57. The zero-order valence-corrected chi connectivity index (χ0v) is 14.7. The number of hydrogen-bond acceptors (Lipinski definition) is 6. The van der Waals surface area contributed by atoms with Gasteiger partial charge in [0.1, 0.15) is 10.6 Å². The molecule has 126 valence electrons. The molecule has 3 rings (SSSR count). The lowest BCUT2D eigenvalue weighted by atomic mass is 10.1. The monoisotopic (exact) mass is 337 g/mol. The first-order valence-corrected chi connectivity index (χ1v) is 8.80. The molecule has 0 unspecified atom stereocenters. The predicted molar refractivity (Wildman–Crippen MR) is 89.8 cm³/mol. The van der Waals surface area contributed by atoms with Crippen molar-refractivity contribution in [1.82, 2.24) is 9.91 Å². The fraction of sp³-hybridized carbons (Fsp3) is 0.625. The minimum atomic E-state index is -0.473. The number of ether oxygens (including phenoxy) is 1. The molecular formula is C16H23N3O3S. The summed E-state index contributed by atoms with van der Waals surface area (Å²) in [6.45, 7) is 8.70. The maximum absolute atomic E-state index is 12.1. The van der Waals surface area contributed by atoms with E-state index < -0.39 is 5.60 Å². The summed E-state index contributed by atoms with van der Waals surface area (Å²) < 4.78 is 5.42. The molecule has 23 heavy (non-hydrogen) atoms. The number of amides is 1. The van der Waals surface area contributed by atoms with Gasteiger partial charge in [0, 0.05) is 32.6 Å². The number of rotatable bonds is 1. The van der Waals surface area contributed by atoms with Crippen LogP contribution in [0.3, 0.4) is 0 Å². The zero-order valence-electron chi connectivity index (χ0n) is 13.9. The van der Waals surface area contributed by atoms with Crippen molar-refractivity contribution in [3.8, 4) is 0 Å². The van der Waals surface area contributed by atoms with Crippen LogP contribution in [-0.2, 0) is 16.0 Å². The van der Waals surface area contributed by atoms with E-state index in [2.05, 4.69) is 10.0 Å². The summed E-state index contributed by atoms with van der Waals surface area (Å²) in [6, 6.07) is 2.03. The highest BCUT2D eigenvalue weighted by Gasteiger charge is 2.32. The lowest BCUT2D eigenvalue weighted by molar-refractivity contribution is -0.118. The van der Waals surface area contributed by atoms with Gasteiger partial charge in [0.15, 0.2) is 5.78 Å². The first-order valence-electron chi connectivity index (χ1n) is 7.92. The number of Topliss-reactive ketones (excluding diaryl/α,β-unsaturated/α-hetero) is 1. The van der Waals surface area contributed by atoms with Crippen LogP contribution in [0.15, 0.2) is 11.4 Å². The van der Waals surface area contributed by atoms with E-state index in [-0.39, 0.29) is 11.9 Å². The largest absolute Gasteiger partial charge is 0.444 e. The number of carbonyl (C=O) groups excluding carboxylic acids is 2. The van der Waals surface area contributed by atoms with E-state index in [1.54, 1.807) is 16.2 Å². The Hall–Kier alpha value is -1.60. The van der Waals surface area contributed by atoms with Gasteiger partial charge < -0.3 is 9.64 Å². The first-order chi connectivity index (χ1) is 10.8. The minimum absolute atomic E-state index is 0.241. The highest BCUT2D eigenvalue weighted by atomic mass is 32.1. The number of hydrogen-bond donors (Lipinski definition) is 0. The summed E-state index contributed by atoms with van der Waals surface area (Å²) in [7, 11) is 0. The van der Waals surface area contributed by atoms with Crippen LogP contribution >= 0.6 is 11.3 Å². The molecule has 0 atom stereocenters. The number of hydrazine groups is 1. The molecule has 0 radical (unpaired) electrons. The molecule has 7 heteroatoms. The molecule has 1 fully saturated rings. The Kier molecular flexibility index (Phi) is 4.33. The maximum atomic E-state index is 12.1. The van der Waals surface area contributed by atoms with Crippen molar-refractivity contribution >= 4 is 28.2 Å². The van der Waals surface area contributed by atoms with Gasteiger partial charge in [-0.25, -0.2) is 9.80 Å². The molecule has 1 amide bonds. The Morgan fingerprint density at radius 2 is 1.91 bits per heavy atom. The average Bonchev–Trinajstić information content (AvgIpc) is 2.93. The molecule has 0 saturated carbocycles. The lowest BCUT2D eigenvalue weighted by Gasteiger charge is -2.43. The zero-order chi connectivity index (χ0) is 16.6. The van der Waals surface area contributed by atoms with Crippen molar-refractivity contribution < 1.29 is 14.3 Å². The van der Waals surface area contributed by atoms with Gasteiger partial charge in [0.25, 0.3) is 0 Å². The maximum Gasteiger partial charge on any atom is 0.410 e. The standard InChI is InChI=1S/C16H23N3O3S/c1-16(2,3)22-15(21)17-5-7-18(8-6-17)19-11-13(20)10-12-4-9-23-14(12)19/h4,9H,5-8,10-11H2,1-3H3. The number of nitrogens with zero attached hydrogens (tertiary/aromatic N) is 3. The molecule has 6 nitrogen and oxygen atoms in total. The van der Waals surface area contributed by atoms with Gasteiger partial charge in [-0.2, -0.15) is 0 Å². The molecule has 1 aromatic heterocycles. The summed E-state index contributed by atoms with van der Waals surface area (Å²) in [4.78, 5) is 25.8. The van der Waals surface area contributed by atoms with E-state index >= 15 is 0 Å². The molecule has 3 heterocycles. The molecule has 2 aliphatic rings. The van der Waals surface area contributed by atoms with Crippen molar-refractivity contribution in [2.24, 2.45) is 0 Å². The Bertz CT molecular complexity index is 600. The highest BCUT2D eigenvalue weighted by Crippen LogP contribution is 2.33. The molecule has 0 bridgehead atoms. The van der Waals surface area contributed by atoms with Crippen LogP contribution in [0.2, 0.25) is 0 Å². The van der Waals surface area contributed by atoms with Crippen LogP contribution in [-0.4, -0.2) is 60.1 Å². The second-order valence-corrected chi connectivity index (χ2v) is 7.84. The van der Waals surface area contributed by atoms with Crippen molar-refractivity contribution in [3.63, 3.8) is 0 Å². The van der Waals surface area contributed by atoms with Crippen molar-refractivity contribution in [3.05, 3.63) is 17.0 Å². The van der Waals surface area contributed by atoms with E-state index in [1.165, 1.54) is 0 Å². The van der Waals surface area contributed by atoms with Crippen molar-refractivity contribution in [1.29, 1.82) is 0 Å². The third-order valence-electron chi connectivity index (χ3n) is 3.92. The van der Waals surface area contributed by atoms with Gasteiger partial charge in [0.2, 0.25) is 0 Å². The number of fused-ring (bicyclic) bond motifs is 1. The van der Waals surface area contributed by atoms with Gasteiger partial charge in [-0.1, -0.05) is 0 Å². The smallest absolute Gasteiger partial charge is 0.410 e. The number of carbonyl (C=O) groups is 2. The minimum Gasteiger partial charge on any atom is -0.444 e. The van der Waals surface area contributed by atoms with E-state index in [0.29, 0.717) is 39.1 Å². The quantitative estimate of drug-likeness (QED) is 0.786. The number of thiophene rings is 1. The predicted octanol–water partition coefficient (Wildman–Crippen LogP) is 2.15. The van der Waals surface area contributed by atoms with E-state index in [0.717, 1.165) is 10.6 Å². The van der Waals surface area contributed by atoms with Crippen molar-refractivity contribution in [2.45, 2.75) is 32.8 Å². The van der Waals surface area contributed by atoms with Crippen LogP contribution in [0, 0.1) is 0 Å². The summed E-state index contributed by atoms with van der Waals surface area (Å²) in [5, 5.41) is 7.45. The van der Waals surface area contributed by atoms with Crippen LogP contribution < -0.4 is 5.01 Å². The van der Waals surface area contributed by atoms with Gasteiger partial charge >= 0.3 is 6.09 Å². The van der Waals surface area contributed by atoms with Crippen LogP contribution in [0.25, 0.3) is 0 Å². The topological polar surface area (TPSA) is 53.1 Å². The van der Waals surface area contributed by atoms with Crippen LogP contribution in [0.1, 0.15) is 26.3 Å². The number of piperazine rings is 1. The van der Waals surface area contributed by atoms with Gasteiger partial charge in [-0.05, 0) is 37.8 Å². The molecule has 0 N–H and O–H groups in total. The molecule has 1 saturated heterocycles. The Balaban J connectivity index is 1.62. The Labute approximate surface area is 140 Å². The van der Waals surface area contributed by atoms with Gasteiger partial charge in [0.05, 0.1) is 6.54 Å². The SMILES string of the molecule is CC(C)(C)OC(=O)N1CCN(N2CC(=O)Cc3ccsc32)CC1. The third-order valence-corrected chi connectivity index (χ3v) is 4.89. The van der Waals surface area contributed by atoms with E-state index in [4.69, 9.17) is 4.74 Å². The summed E-state index contributed by atoms with van der Waals surface area (Å²) in [5.41, 5.74) is 0.639. The summed E-state index contributed by atoms with van der Waals surface area (Å²) in [5.74, 6) is 0.241. The first kappa shape index (κ1) is 16.3. The van der Waals surface area contributed by atoms with Gasteiger partial charge in [-0.3, -0.25) is 9.80 Å². The molecule has 1 aromatic rings. The number of anilines is 1. The van der Waals surface area contributed by atoms with Crippen molar-refractivity contribution in [2.75, 3.05) is 37.7 Å². The van der Waals surface area contributed by atoms with Gasteiger partial charge in [-0.15, -0.1) is 11.3 Å². The Morgan fingerprint density at radius 3 is 2.57 bits per heavy atom. The Morgan fingerprint density at radius 1 is 1.22 bits per heavy atom. The van der Waals surface area contributed by atoms with Crippen LogP contribution in [0.4, 0.5) is 9.80 Å². The fourth-order valence-corrected chi connectivity index (χ4v) is 3.83. The highest BCUT2D eigenvalue weighted by molar-refractivity contribution is 7.14. The second kappa shape index (κ2) is 6.13. The molecule has 0 aliphatic carbocycles. The molecule has 2 aliphatic heterocycles. The van der Waals surface area contributed by atoms with E-state index in [9.17, 15) is 9.59 Å². The average molecular weight is 337 g/mol.